The van der Waals surface area contributed by atoms with E-state index in [1.807, 2.05) is 24.3 Å². The molecule has 0 fully saturated rings. The van der Waals surface area contributed by atoms with Gasteiger partial charge in [0.15, 0.2) is 21.4 Å². The lowest BCUT2D eigenvalue weighted by Crippen LogP contribution is -2.51. The van der Waals surface area contributed by atoms with Crippen molar-refractivity contribution in [3.8, 4) is 11.3 Å². The number of nitrogens with zero attached hydrogens (tertiary/aromatic N) is 1. The van der Waals surface area contributed by atoms with Crippen LogP contribution in [0.4, 0.5) is 0 Å². The standard InChI is InChI=1S/C37H58BN5O9S/c1-5-6-9-27-11-13-28(14-12-27)31-16-15-30(22-41-31)53(51,52)23-29(17-19-40)37(48)43-35(26(4)44)34(46)20-24(2)36(47)42-32(10-7-8-18-39)33(45)21-25(3)38(49)50/h11-16,22,24-26,29,32,35,44,49-50H,5-10,17-21,23,39-40H2,1-4H3,(H,42,47)(H,43,48)/t24-,25-,26-,29-,32+,35+/m1/s1. The van der Waals surface area contributed by atoms with Gasteiger partial charge >= 0.3 is 7.12 Å². The van der Waals surface area contributed by atoms with Crippen molar-refractivity contribution in [2.45, 2.75) is 114 Å². The minimum Gasteiger partial charge on any atom is -0.427 e. The van der Waals surface area contributed by atoms with E-state index in [9.17, 15) is 42.8 Å². The summed E-state index contributed by atoms with van der Waals surface area (Å²) < 4.78 is 26.8. The Balaban J connectivity index is 2.11. The summed E-state index contributed by atoms with van der Waals surface area (Å²) in [6.07, 6.45) is 3.79. The molecule has 0 aliphatic carbocycles. The molecule has 0 saturated heterocycles. The Bertz CT molecular complexity index is 1570. The third-order valence-corrected chi connectivity index (χ3v) is 11.0. The maximum atomic E-state index is 13.4. The number of carbonyl (C=O) groups excluding carboxylic acids is 4. The molecule has 6 atom stereocenters. The molecule has 294 valence electrons. The number of Topliss-reactive ketones (excluding diaryl/α,β-unsaturated/α-hetero) is 2. The first-order valence-electron chi connectivity index (χ1n) is 18.4. The van der Waals surface area contributed by atoms with Crippen LogP contribution in [0, 0.1) is 11.8 Å². The Kier molecular flexibility index (Phi) is 19.5. The second-order valence-electron chi connectivity index (χ2n) is 13.9. The number of carbonyl (C=O) groups is 4. The number of pyridine rings is 1. The maximum absolute atomic E-state index is 13.4. The molecule has 53 heavy (non-hydrogen) atoms. The number of sulfone groups is 1. The number of aryl methyl sites for hydroxylation is 1. The van der Waals surface area contributed by atoms with Crippen LogP contribution in [0.15, 0.2) is 47.5 Å². The number of nitrogens with two attached hydrogens (primary N) is 2. The quantitative estimate of drug-likeness (QED) is 0.0565. The summed E-state index contributed by atoms with van der Waals surface area (Å²) in [5, 5.41) is 34.4. The van der Waals surface area contributed by atoms with Crippen LogP contribution in [-0.4, -0.2) is 96.1 Å². The third-order valence-electron chi connectivity index (χ3n) is 9.24. The summed E-state index contributed by atoms with van der Waals surface area (Å²) >= 11 is 0. The molecule has 0 radical (unpaired) electrons. The van der Waals surface area contributed by atoms with Crippen molar-refractivity contribution < 1.29 is 42.8 Å². The van der Waals surface area contributed by atoms with Gasteiger partial charge in [-0.1, -0.05) is 51.5 Å². The molecule has 1 aromatic carbocycles. The molecule has 0 bridgehead atoms. The van der Waals surface area contributed by atoms with Gasteiger partial charge in [-0.15, -0.1) is 0 Å². The van der Waals surface area contributed by atoms with Crippen molar-refractivity contribution in [3.05, 3.63) is 48.2 Å². The lowest BCUT2D eigenvalue weighted by Gasteiger charge is -2.25. The molecular formula is C37H58BN5O9S. The molecule has 1 heterocycles. The molecule has 16 heteroatoms. The number of rotatable bonds is 25. The fraction of sp³-hybridized carbons (Fsp3) is 0.595. The number of aliphatic hydroxyl groups is 1. The third kappa shape index (κ3) is 15.0. The number of ketones is 2. The zero-order valence-electron chi connectivity index (χ0n) is 31.4. The van der Waals surface area contributed by atoms with E-state index in [0.717, 1.165) is 24.8 Å². The van der Waals surface area contributed by atoms with Crippen molar-refractivity contribution in [2.24, 2.45) is 23.3 Å². The van der Waals surface area contributed by atoms with Crippen LogP contribution in [0.5, 0.6) is 0 Å². The minimum atomic E-state index is -4.03. The number of amides is 2. The van der Waals surface area contributed by atoms with Crippen molar-refractivity contribution in [3.63, 3.8) is 0 Å². The SMILES string of the molecule is CCCCc1ccc(-c2ccc(S(=O)(=O)C[C@@H](CCN)C(=O)N[C@H](C(=O)C[C@@H](C)C(=O)N[C@@H](CCCCN)C(=O)C[C@@H](C)B(O)O)[C@@H](C)O)cn2)cc1. The summed E-state index contributed by atoms with van der Waals surface area (Å²) in [6, 6.07) is 8.56. The van der Waals surface area contributed by atoms with E-state index in [2.05, 4.69) is 22.5 Å². The van der Waals surface area contributed by atoms with Gasteiger partial charge in [0, 0.05) is 30.5 Å². The highest BCUT2D eigenvalue weighted by Crippen LogP contribution is 2.23. The van der Waals surface area contributed by atoms with Gasteiger partial charge in [0.25, 0.3) is 0 Å². The monoisotopic (exact) mass is 759 g/mol. The topological polar surface area (TPSA) is 252 Å². The zero-order valence-corrected chi connectivity index (χ0v) is 32.2. The largest absolute Gasteiger partial charge is 0.454 e. The molecule has 1 aromatic heterocycles. The maximum Gasteiger partial charge on any atom is 0.454 e. The lowest BCUT2D eigenvalue weighted by molar-refractivity contribution is -0.135. The Hall–Kier alpha value is -3.54. The number of aromatic nitrogens is 1. The van der Waals surface area contributed by atoms with Crippen molar-refractivity contribution in [1.29, 1.82) is 0 Å². The fourth-order valence-corrected chi connectivity index (χ4v) is 7.29. The van der Waals surface area contributed by atoms with E-state index in [-0.39, 0.29) is 30.7 Å². The molecule has 9 N–H and O–H groups in total. The Morgan fingerprint density at radius 3 is 2.08 bits per heavy atom. The first-order valence-corrected chi connectivity index (χ1v) is 20.1. The highest BCUT2D eigenvalue weighted by molar-refractivity contribution is 7.91. The van der Waals surface area contributed by atoms with Crippen LogP contribution in [0.3, 0.4) is 0 Å². The number of hydrogen-bond donors (Lipinski definition) is 7. The van der Waals surface area contributed by atoms with Crippen LogP contribution in [-0.2, 0) is 35.4 Å². The number of unbranched alkanes of at least 4 members (excludes halogenated alkanes) is 2. The van der Waals surface area contributed by atoms with Crippen molar-refractivity contribution >= 4 is 40.3 Å². The van der Waals surface area contributed by atoms with Crippen LogP contribution >= 0.6 is 0 Å². The minimum absolute atomic E-state index is 0.0218. The molecular weight excluding hydrogens is 701 g/mol. The lowest BCUT2D eigenvalue weighted by atomic mass is 9.71. The van der Waals surface area contributed by atoms with Gasteiger partial charge in [-0.3, -0.25) is 24.2 Å². The number of aliphatic hydroxyl groups excluding tert-OH is 1. The number of benzene rings is 1. The van der Waals surface area contributed by atoms with Gasteiger partial charge < -0.3 is 37.3 Å². The van der Waals surface area contributed by atoms with Crippen LogP contribution in [0.1, 0.15) is 84.6 Å². The van der Waals surface area contributed by atoms with Gasteiger partial charge in [-0.25, -0.2) is 8.42 Å². The van der Waals surface area contributed by atoms with Crippen molar-refractivity contribution in [1.82, 2.24) is 15.6 Å². The fourth-order valence-electron chi connectivity index (χ4n) is 5.76. The molecule has 14 nitrogen and oxygen atoms in total. The summed E-state index contributed by atoms with van der Waals surface area (Å²) in [5.74, 6) is -5.99. The van der Waals surface area contributed by atoms with E-state index >= 15 is 0 Å². The zero-order chi connectivity index (χ0) is 39.7. The first-order chi connectivity index (χ1) is 25.0. The first kappa shape index (κ1) is 45.6. The molecule has 2 rings (SSSR count). The number of nitrogens with one attached hydrogen (secondary N) is 2. The predicted molar refractivity (Wildman–Crippen MR) is 204 cm³/mol. The van der Waals surface area contributed by atoms with E-state index in [1.54, 1.807) is 6.07 Å². The normalized spacial score (nSPS) is 15.0. The van der Waals surface area contributed by atoms with E-state index in [1.165, 1.54) is 38.6 Å². The molecule has 0 unspecified atom stereocenters. The van der Waals surface area contributed by atoms with E-state index < -0.39 is 88.4 Å². The highest BCUT2D eigenvalue weighted by Gasteiger charge is 2.34. The summed E-state index contributed by atoms with van der Waals surface area (Å²) in [7, 11) is -5.74. The van der Waals surface area contributed by atoms with Gasteiger partial charge in [-0.2, -0.15) is 0 Å². The van der Waals surface area contributed by atoms with Gasteiger partial charge in [-0.05, 0) is 82.1 Å². The average molecular weight is 760 g/mol. The van der Waals surface area contributed by atoms with E-state index in [4.69, 9.17) is 11.5 Å². The predicted octanol–water partition coefficient (Wildman–Crippen LogP) is 1.73. The number of hydrogen-bond acceptors (Lipinski definition) is 12. The van der Waals surface area contributed by atoms with Crippen molar-refractivity contribution in [2.75, 3.05) is 18.8 Å². The Morgan fingerprint density at radius 1 is 0.849 bits per heavy atom. The summed E-state index contributed by atoms with van der Waals surface area (Å²) in [5.41, 5.74) is 13.9. The van der Waals surface area contributed by atoms with Crippen LogP contribution < -0.4 is 22.1 Å². The Morgan fingerprint density at radius 2 is 1.53 bits per heavy atom. The molecule has 0 aliphatic heterocycles. The molecule has 2 amide bonds. The van der Waals surface area contributed by atoms with E-state index in [0.29, 0.717) is 25.1 Å². The average Bonchev–Trinajstić information content (AvgIpc) is 3.12. The van der Waals surface area contributed by atoms with Crippen LogP contribution in [0.25, 0.3) is 11.3 Å². The van der Waals surface area contributed by atoms with Gasteiger partial charge in [0.2, 0.25) is 11.8 Å². The molecule has 2 aromatic rings. The second kappa shape index (κ2) is 22.6. The second-order valence-corrected chi connectivity index (χ2v) is 16.0. The molecule has 0 aliphatic rings. The van der Waals surface area contributed by atoms with Gasteiger partial charge in [0.1, 0.15) is 6.04 Å². The Labute approximate surface area is 314 Å². The summed E-state index contributed by atoms with van der Waals surface area (Å²) in [4.78, 5) is 57.1. The molecule has 0 spiro atoms. The summed E-state index contributed by atoms with van der Waals surface area (Å²) in [6.45, 7) is 6.73. The van der Waals surface area contributed by atoms with Crippen LogP contribution in [0.2, 0.25) is 5.82 Å². The molecule has 0 saturated carbocycles. The van der Waals surface area contributed by atoms with Gasteiger partial charge in [0.05, 0.1) is 34.4 Å². The highest BCUT2D eigenvalue weighted by atomic mass is 32.2. The smallest absolute Gasteiger partial charge is 0.427 e.